The van der Waals surface area contributed by atoms with Gasteiger partial charge >= 0.3 is 5.97 Å². The van der Waals surface area contributed by atoms with Crippen LogP contribution in [0.3, 0.4) is 0 Å². The Hall–Kier alpha value is -1.38. The minimum Gasteiger partial charge on any atom is -0.481 e. The van der Waals surface area contributed by atoms with Gasteiger partial charge in [0.15, 0.2) is 0 Å². The summed E-state index contributed by atoms with van der Waals surface area (Å²) in [4.78, 5) is 10.4. The molecule has 2 nitrogen and oxygen atoms in total. The van der Waals surface area contributed by atoms with E-state index in [1.54, 1.807) is 6.07 Å². The van der Waals surface area contributed by atoms with Gasteiger partial charge in [0.25, 0.3) is 0 Å². The first-order chi connectivity index (χ1) is 7.50. The van der Waals surface area contributed by atoms with Crippen LogP contribution in [0.5, 0.6) is 0 Å². The Balaban J connectivity index is 2.67. The van der Waals surface area contributed by atoms with Crippen LogP contribution in [0.25, 0.3) is 0 Å². The number of aryl methyl sites for hydroxylation is 1. The molecule has 1 aromatic rings. The number of halogens is 1. The predicted molar refractivity (Wildman–Crippen MR) is 61.1 cm³/mol. The predicted octanol–water partition coefficient (Wildman–Crippen LogP) is 3.36. The van der Waals surface area contributed by atoms with Gasteiger partial charge in [0.05, 0.1) is 0 Å². The zero-order valence-corrected chi connectivity index (χ0v) is 9.66. The zero-order valence-electron chi connectivity index (χ0n) is 9.66. The molecule has 0 atom stereocenters. The molecule has 16 heavy (non-hydrogen) atoms. The Morgan fingerprint density at radius 2 is 2.12 bits per heavy atom. The Bertz CT molecular complexity index is 372. The van der Waals surface area contributed by atoms with Crippen molar-refractivity contribution < 1.29 is 14.3 Å². The molecule has 0 heterocycles. The normalized spacial score (nSPS) is 10.8. The van der Waals surface area contributed by atoms with Gasteiger partial charge in [-0.3, -0.25) is 4.79 Å². The maximum absolute atomic E-state index is 13.4. The molecule has 0 unspecified atom stereocenters. The second-order valence-corrected chi connectivity index (χ2v) is 4.26. The Morgan fingerprint density at radius 3 is 2.69 bits per heavy atom. The lowest BCUT2D eigenvalue weighted by atomic mass is 9.98. The highest BCUT2D eigenvalue weighted by atomic mass is 19.1. The lowest BCUT2D eigenvalue weighted by molar-refractivity contribution is -0.137. The molecule has 1 aromatic carbocycles. The fourth-order valence-corrected chi connectivity index (χ4v) is 1.63. The smallest absolute Gasteiger partial charge is 0.303 e. The van der Waals surface area contributed by atoms with Crippen LogP contribution in [0, 0.1) is 5.82 Å². The summed E-state index contributed by atoms with van der Waals surface area (Å²) in [5.74, 6) is -0.817. The van der Waals surface area contributed by atoms with E-state index in [0.29, 0.717) is 18.4 Å². The summed E-state index contributed by atoms with van der Waals surface area (Å²) in [6, 6.07) is 5.02. The van der Waals surface area contributed by atoms with Crippen molar-refractivity contribution >= 4 is 5.97 Å². The fraction of sp³-hybridized carbons (Fsp3) is 0.462. The van der Waals surface area contributed by atoms with Crippen molar-refractivity contribution in [3.8, 4) is 0 Å². The zero-order chi connectivity index (χ0) is 12.1. The van der Waals surface area contributed by atoms with Gasteiger partial charge in [-0.1, -0.05) is 26.0 Å². The molecular formula is C13H17FO2. The Morgan fingerprint density at radius 1 is 1.44 bits per heavy atom. The number of benzene rings is 1. The summed E-state index contributed by atoms with van der Waals surface area (Å²) in [6.45, 7) is 3.89. The molecule has 0 aliphatic heterocycles. The summed E-state index contributed by atoms with van der Waals surface area (Å²) >= 11 is 0. The van der Waals surface area contributed by atoms with Crippen LogP contribution in [0.4, 0.5) is 4.39 Å². The number of hydrogen-bond donors (Lipinski definition) is 1. The van der Waals surface area contributed by atoms with Crippen molar-refractivity contribution in [2.24, 2.45) is 0 Å². The van der Waals surface area contributed by atoms with Crippen LogP contribution in [0.2, 0.25) is 0 Å². The van der Waals surface area contributed by atoms with Crippen LogP contribution >= 0.6 is 0 Å². The second kappa shape index (κ2) is 5.64. The van der Waals surface area contributed by atoms with Crippen molar-refractivity contribution in [2.45, 2.75) is 39.0 Å². The summed E-state index contributed by atoms with van der Waals surface area (Å²) in [5.41, 5.74) is 1.71. The molecule has 0 spiro atoms. The monoisotopic (exact) mass is 224 g/mol. The minimum atomic E-state index is -0.786. The molecule has 0 aliphatic carbocycles. The van der Waals surface area contributed by atoms with Gasteiger partial charge < -0.3 is 5.11 Å². The summed E-state index contributed by atoms with van der Waals surface area (Å²) in [7, 11) is 0. The fourth-order valence-electron chi connectivity index (χ4n) is 1.63. The molecule has 1 N–H and O–H groups in total. The first-order valence-corrected chi connectivity index (χ1v) is 5.51. The molecule has 0 aromatic heterocycles. The Labute approximate surface area is 95.1 Å². The SMILES string of the molecule is CC(C)c1cc(CCCC(=O)O)ccc1F. The number of carboxylic acids is 1. The lowest BCUT2D eigenvalue weighted by Crippen LogP contribution is -1.98. The molecule has 0 saturated heterocycles. The average molecular weight is 224 g/mol. The summed E-state index contributed by atoms with van der Waals surface area (Å²) in [5, 5.41) is 8.52. The molecule has 0 aliphatic rings. The molecule has 0 radical (unpaired) electrons. The quantitative estimate of drug-likeness (QED) is 0.832. The third-order valence-corrected chi connectivity index (χ3v) is 2.54. The molecule has 88 valence electrons. The van der Waals surface area contributed by atoms with E-state index >= 15 is 0 Å². The van der Waals surface area contributed by atoms with Gasteiger partial charge in [0.1, 0.15) is 5.82 Å². The highest BCUT2D eigenvalue weighted by Gasteiger charge is 2.07. The summed E-state index contributed by atoms with van der Waals surface area (Å²) < 4.78 is 13.4. The van der Waals surface area contributed by atoms with Crippen LogP contribution < -0.4 is 0 Å². The van der Waals surface area contributed by atoms with E-state index in [-0.39, 0.29) is 18.2 Å². The maximum atomic E-state index is 13.4. The van der Waals surface area contributed by atoms with Crippen LogP contribution in [-0.4, -0.2) is 11.1 Å². The van der Waals surface area contributed by atoms with E-state index in [1.165, 1.54) is 6.07 Å². The molecule has 0 amide bonds. The van der Waals surface area contributed by atoms with Crippen molar-refractivity contribution in [2.75, 3.05) is 0 Å². The molecule has 3 heteroatoms. The topological polar surface area (TPSA) is 37.3 Å². The largest absolute Gasteiger partial charge is 0.481 e. The van der Waals surface area contributed by atoms with Gasteiger partial charge in [-0.2, -0.15) is 0 Å². The molecule has 1 rings (SSSR count). The third kappa shape index (κ3) is 3.65. The number of rotatable bonds is 5. The number of hydrogen-bond acceptors (Lipinski definition) is 1. The standard InChI is InChI=1S/C13H17FO2/c1-9(2)11-8-10(6-7-12(11)14)4-3-5-13(15)16/h6-9H,3-5H2,1-2H3,(H,15,16). The van der Waals surface area contributed by atoms with Crippen molar-refractivity contribution in [3.63, 3.8) is 0 Å². The van der Waals surface area contributed by atoms with E-state index in [9.17, 15) is 9.18 Å². The number of carboxylic acid groups (broad SMARTS) is 1. The Kier molecular flexibility index (Phi) is 4.47. The molecular weight excluding hydrogens is 207 g/mol. The van der Waals surface area contributed by atoms with Gasteiger partial charge in [-0.05, 0) is 36.0 Å². The van der Waals surface area contributed by atoms with E-state index in [1.807, 2.05) is 19.9 Å². The first kappa shape index (κ1) is 12.7. The van der Waals surface area contributed by atoms with Crippen molar-refractivity contribution in [1.29, 1.82) is 0 Å². The number of carbonyl (C=O) groups is 1. The minimum absolute atomic E-state index is 0.152. The van der Waals surface area contributed by atoms with Crippen molar-refractivity contribution in [3.05, 3.63) is 35.1 Å². The number of aliphatic carboxylic acids is 1. The van der Waals surface area contributed by atoms with E-state index in [0.717, 1.165) is 5.56 Å². The molecule has 0 bridgehead atoms. The van der Waals surface area contributed by atoms with Gasteiger partial charge in [-0.25, -0.2) is 4.39 Å². The second-order valence-electron chi connectivity index (χ2n) is 4.26. The molecule has 0 fully saturated rings. The van der Waals surface area contributed by atoms with Gasteiger partial charge in [0, 0.05) is 6.42 Å². The van der Waals surface area contributed by atoms with E-state index < -0.39 is 5.97 Å². The van der Waals surface area contributed by atoms with E-state index in [4.69, 9.17) is 5.11 Å². The highest BCUT2D eigenvalue weighted by molar-refractivity contribution is 5.66. The average Bonchev–Trinajstić information content (AvgIpc) is 2.19. The highest BCUT2D eigenvalue weighted by Crippen LogP contribution is 2.20. The lowest BCUT2D eigenvalue weighted by Gasteiger charge is -2.09. The van der Waals surface area contributed by atoms with Crippen LogP contribution in [0.1, 0.15) is 43.7 Å². The summed E-state index contributed by atoms with van der Waals surface area (Å²) in [6.07, 6.45) is 1.44. The van der Waals surface area contributed by atoms with E-state index in [2.05, 4.69) is 0 Å². The maximum Gasteiger partial charge on any atom is 0.303 e. The van der Waals surface area contributed by atoms with Crippen molar-refractivity contribution in [1.82, 2.24) is 0 Å². The molecule has 0 saturated carbocycles. The third-order valence-electron chi connectivity index (χ3n) is 2.54. The van der Waals surface area contributed by atoms with Gasteiger partial charge in [-0.15, -0.1) is 0 Å². The van der Waals surface area contributed by atoms with Gasteiger partial charge in [0.2, 0.25) is 0 Å². The van der Waals surface area contributed by atoms with Crippen LogP contribution in [0.15, 0.2) is 18.2 Å². The first-order valence-electron chi connectivity index (χ1n) is 5.51. The van der Waals surface area contributed by atoms with Crippen LogP contribution in [-0.2, 0) is 11.2 Å².